The van der Waals surface area contributed by atoms with Gasteiger partial charge >= 0.3 is 0 Å². The highest BCUT2D eigenvalue weighted by Gasteiger charge is 2.19. The van der Waals surface area contributed by atoms with Gasteiger partial charge in [-0.3, -0.25) is 0 Å². The quantitative estimate of drug-likeness (QED) is 0.577. The van der Waals surface area contributed by atoms with Crippen LogP contribution in [0.2, 0.25) is 0 Å². The molecule has 0 spiro atoms. The Morgan fingerprint density at radius 2 is 1.90 bits per heavy atom. The molecule has 0 fully saturated rings. The summed E-state index contributed by atoms with van der Waals surface area (Å²) in [5.74, 6) is 0.339. The molecule has 0 unspecified atom stereocenters. The van der Waals surface area contributed by atoms with Crippen LogP contribution in [0.25, 0.3) is 0 Å². The zero-order chi connectivity index (χ0) is 15.4. The van der Waals surface area contributed by atoms with Crippen molar-refractivity contribution >= 4 is 19.7 Å². The summed E-state index contributed by atoms with van der Waals surface area (Å²) in [6, 6.07) is 5.22. The zero-order valence-corrected chi connectivity index (χ0v) is 14.1. The summed E-state index contributed by atoms with van der Waals surface area (Å²) in [5, 5.41) is 0. The van der Waals surface area contributed by atoms with E-state index < -0.39 is 9.05 Å². The van der Waals surface area contributed by atoms with Crippen molar-refractivity contribution in [1.82, 2.24) is 0 Å². The third-order valence-electron chi connectivity index (χ3n) is 2.76. The molecular formula is C15H23ClO3S. The van der Waals surface area contributed by atoms with E-state index in [-0.39, 0.29) is 10.3 Å². The molecule has 0 bridgehead atoms. The molecule has 1 aromatic carbocycles. The van der Waals surface area contributed by atoms with E-state index in [9.17, 15) is 8.42 Å². The Kier molecular flexibility index (Phi) is 5.90. The molecule has 0 aliphatic rings. The van der Waals surface area contributed by atoms with Gasteiger partial charge in [-0.25, -0.2) is 8.42 Å². The van der Waals surface area contributed by atoms with E-state index in [0.717, 1.165) is 24.8 Å². The lowest BCUT2D eigenvalue weighted by molar-refractivity contribution is 0.301. The second-order valence-corrected chi connectivity index (χ2v) is 8.69. The molecule has 0 saturated carbocycles. The number of unbranched alkanes of at least 4 members (excludes halogenated alkanes) is 1. The summed E-state index contributed by atoms with van der Waals surface area (Å²) in [7, 11) is 1.71. The Hall–Kier alpha value is -0.740. The fraction of sp³-hybridized carbons (Fsp3) is 0.600. The van der Waals surface area contributed by atoms with E-state index in [0.29, 0.717) is 12.4 Å². The zero-order valence-electron chi connectivity index (χ0n) is 12.6. The summed E-state index contributed by atoms with van der Waals surface area (Å²) in [6.07, 6.45) is 2.65. The van der Waals surface area contributed by atoms with Crippen LogP contribution in [0.4, 0.5) is 0 Å². The molecule has 5 heteroatoms. The van der Waals surface area contributed by atoms with Gasteiger partial charge in [-0.2, -0.15) is 0 Å². The van der Waals surface area contributed by atoms with Crippen molar-refractivity contribution in [2.45, 2.75) is 51.9 Å². The molecule has 0 amide bonds. The first-order valence-electron chi connectivity index (χ1n) is 6.84. The van der Waals surface area contributed by atoms with Crippen molar-refractivity contribution in [1.29, 1.82) is 0 Å². The van der Waals surface area contributed by atoms with E-state index in [1.54, 1.807) is 12.1 Å². The van der Waals surface area contributed by atoms with Gasteiger partial charge in [0.25, 0.3) is 9.05 Å². The second-order valence-electron chi connectivity index (χ2n) is 6.16. The van der Waals surface area contributed by atoms with E-state index in [2.05, 4.69) is 27.7 Å². The molecule has 114 valence electrons. The minimum absolute atomic E-state index is 0.0667. The predicted molar refractivity (Wildman–Crippen MR) is 83.0 cm³/mol. The number of benzene rings is 1. The highest BCUT2D eigenvalue weighted by atomic mass is 35.7. The smallest absolute Gasteiger partial charge is 0.264 e. The van der Waals surface area contributed by atoms with Crippen molar-refractivity contribution < 1.29 is 13.2 Å². The van der Waals surface area contributed by atoms with Gasteiger partial charge in [-0.15, -0.1) is 0 Å². The lowest BCUT2D eigenvalue weighted by atomic mass is 9.88. The first-order valence-corrected chi connectivity index (χ1v) is 9.15. The van der Waals surface area contributed by atoms with Crippen LogP contribution < -0.4 is 4.74 Å². The van der Waals surface area contributed by atoms with Crippen LogP contribution in [0.3, 0.4) is 0 Å². The molecule has 1 rings (SSSR count). The van der Waals surface area contributed by atoms with Gasteiger partial charge in [0.05, 0.1) is 6.61 Å². The predicted octanol–water partition coefficient (Wildman–Crippen LogP) is 4.38. The topological polar surface area (TPSA) is 43.4 Å². The molecular weight excluding hydrogens is 296 g/mol. The molecule has 20 heavy (non-hydrogen) atoms. The molecule has 1 aromatic rings. The highest BCUT2D eigenvalue weighted by Crippen LogP contribution is 2.30. The van der Waals surface area contributed by atoms with Crippen molar-refractivity contribution in [3.05, 3.63) is 23.8 Å². The molecule has 0 heterocycles. The Bertz CT molecular complexity index is 545. The average molecular weight is 319 g/mol. The Morgan fingerprint density at radius 3 is 2.40 bits per heavy atom. The minimum Gasteiger partial charge on any atom is -0.492 e. The van der Waals surface area contributed by atoms with Crippen LogP contribution >= 0.6 is 10.7 Å². The number of hydrogen-bond donors (Lipinski definition) is 0. The summed E-state index contributed by atoms with van der Waals surface area (Å²) >= 11 is 0. The van der Waals surface area contributed by atoms with Crippen molar-refractivity contribution in [2.75, 3.05) is 6.61 Å². The third kappa shape index (κ3) is 5.71. The van der Waals surface area contributed by atoms with E-state index in [1.165, 1.54) is 0 Å². The minimum atomic E-state index is -3.80. The summed E-state index contributed by atoms with van der Waals surface area (Å²) in [5.41, 5.74) is 1.03. The highest BCUT2D eigenvalue weighted by molar-refractivity contribution is 8.13. The Morgan fingerprint density at radius 1 is 1.25 bits per heavy atom. The van der Waals surface area contributed by atoms with E-state index in [4.69, 9.17) is 15.4 Å². The molecule has 0 radical (unpaired) electrons. The summed E-state index contributed by atoms with van der Waals surface area (Å²) in [6.45, 7) is 8.86. The molecule has 0 aliphatic carbocycles. The maximum absolute atomic E-state index is 11.7. The van der Waals surface area contributed by atoms with Gasteiger partial charge in [0.1, 0.15) is 10.6 Å². The number of rotatable bonds is 6. The summed E-state index contributed by atoms with van der Waals surface area (Å²) in [4.78, 5) is 0.0667. The Balaban J connectivity index is 3.08. The first-order chi connectivity index (χ1) is 9.13. The molecule has 0 aromatic heterocycles. The monoisotopic (exact) mass is 318 g/mol. The first kappa shape index (κ1) is 17.3. The lowest BCUT2D eigenvalue weighted by Crippen LogP contribution is -2.10. The Labute approximate surface area is 126 Å². The second kappa shape index (κ2) is 6.81. The van der Waals surface area contributed by atoms with Gasteiger partial charge < -0.3 is 4.74 Å². The average Bonchev–Trinajstić information content (AvgIpc) is 2.27. The number of hydrogen-bond acceptors (Lipinski definition) is 3. The van der Waals surface area contributed by atoms with Crippen LogP contribution in [0.5, 0.6) is 5.75 Å². The SMILES string of the molecule is CCCCOc1ccc(CC(C)(C)C)cc1S(=O)(=O)Cl. The van der Waals surface area contributed by atoms with Gasteiger partial charge in [0, 0.05) is 10.7 Å². The largest absolute Gasteiger partial charge is 0.492 e. The van der Waals surface area contributed by atoms with Crippen molar-refractivity contribution in [3.63, 3.8) is 0 Å². The normalized spacial score (nSPS) is 12.4. The van der Waals surface area contributed by atoms with Crippen LogP contribution in [0.15, 0.2) is 23.1 Å². The summed E-state index contributed by atoms with van der Waals surface area (Å²) < 4.78 is 28.9. The molecule has 0 aliphatic heterocycles. The fourth-order valence-corrected chi connectivity index (χ4v) is 2.93. The molecule has 0 N–H and O–H groups in total. The van der Waals surface area contributed by atoms with Crippen LogP contribution in [0.1, 0.15) is 46.1 Å². The van der Waals surface area contributed by atoms with Crippen molar-refractivity contribution in [3.8, 4) is 5.75 Å². The maximum Gasteiger partial charge on any atom is 0.264 e. The van der Waals surface area contributed by atoms with Crippen LogP contribution in [-0.2, 0) is 15.5 Å². The number of halogens is 1. The van der Waals surface area contributed by atoms with E-state index >= 15 is 0 Å². The molecule has 0 atom stereocenters. The lowest BCUT2D eigenvalue weighted by Gasteiger charge is -2.19. The van der Waals surface area contributed by atoms with Crippen molar-refractivity contribution in [2.24, 2.45) is 5.41 Å². The molecule has 3 nitrogen and oxygen atoms in total. The van der Waals surface area contributed by atoms with Gasteiger partial charge in [-0.05, 0) is 36.0 Å². The van der Waals surface area contributed by atoms with Crippen LogP contribution in [0, 0.1) is 5.41 Å². The molecule has 0 saturated heterocycles. The standard InChI is InChI=1S/C15H23ClO3S/c1-5-6-9-19-13-8-7-12(11-15(2,3)4)10-14(13)20(16,17)18/h7-8,10H,5-6,9,11H2,1-4H3. The van der Waals surface area contributed by atoms with Gasteiger partial charge in [0.2, 0.25) is 0 Å². The van der Waals surface area contributed by atoms with Gasteiger partial charge in [0.15, 0.2) is 0 Å². The third-order valence-corrected chi connectivity index (χ3v) is 4.10. The van der Waals surface area contributed by atoms with Gasteiger partial charge in [-0.1, -0.05) is 40.2 Å². The maximum atomic E-state index is 11.7. The number of ether oxygens (including phenoxy) is 1. The fourth-order valence-electron chi connectivity index (χ4n) is 1.91. The van der Waals surface area contributed by atoms with Crippen LogP contribution in [-0.4, -0.2) is 15.0 Å². The van der Waals surface area contributed by atoms with E-state index in [1.807, 2.05) is 6.07 Å².